The van der Waals surface area contributed by atoms with E-state index >= 15 is 0 Å². The van der Waals surface area contributed by atoms with E-state index in [-0.39, 0.29) is 18.1 Å². The molecule has 2 aromatic carbocycles. The van der Waals surface area contributed by atoms with E-state index in [1.807, 2.05) is 30.3 Å². The van der Waals surface area contributed by atoms with Crippen molar-refractivity contribution >= 4 is 17.1 Å². The van der Waals surface area contributed by atoms with E-state index in [1.54, 1.807) is 18.3 Å². The number of halogens is 1. The number of fused-ring (bicyclic) bond motifs is 1. The Morgan fingerprint density at radius 2 is 1.80 bits per heavy atom. The Labute approximate surface area is 174 Å². The summed E-state index contributed by atoms with van der Waals surface area (Å²) in [6.07, 6.45) is 3.58. The molecule has 152 valence electrons. The monoisotopic (exact) mass is 402 g/mol. The summed E-state index contributed by atoms with van der Waals surface area (Å²) in [5, 5.41) is 2.92. The Morgan fingerprint density at radius 1 is 0.967 bits per heavy atom. The quantitative estimate of drug-likeness (QED) is 0.489. The predicted molar refractivity (Wildman–Crippen MR) is 114 cm³/mol. The van der Waals surface area contributed by atoms with Crippen LogP contribution in [-0.4, -0.2) is 27.0 Å². The Balaban J connectivity index is 1.41. The number of hydrogen-bond acceptors (Lipinski definition) is 3. The second kappa shape index (κ2) is 9.31. The van der Waals surface area contributed by atoms with Gasteiger partial charge in [0.2, 0.25) is 5.91 Å². The summed E-state index contributed by atoms with van der Waals surface area (Å²) in [6.45, 7) is 1.03. The van der Waals surface area contributed by atoms with Crippen molar-refractivity contribution in [3.63, 3.8) is 0 Å². The molecule has 0 atom stereocenters. The van der Waals surface area contributed by atoms with E-state index in [0.717, 1.165) is 29.8 Å². The number of imidazole rings is 1. The Bertz CT molecular complexity index is 1140. The first-order chi connectivity index (χ1) is 14.7. The fourth-order valence-corrected chi connectivity index (χ4v) is 3.53. The molecule has 0 saturated carbocycles. The largest absolute Gasteiger partial charge is 0.354 e. The molecule has 0 radical (unpaired) electrons. The highest BCUT2D eigenvalue weighted by atomic mass is 19.1. The molecule has 1 amide bonds. The molecule has 0 unspecified atom stereocenters. The number of hydrogen-bond donors (Lipinski definition) is 1. The Hall–Kier alpha value is -3.54. The van der Waals surface area contributed by atoms with E-state index in [2.05, 4.69) is 27.0 Å². The summed E-state index contributed by atoms with van der Waals surface area (Å²) < 4.78 is 15.4. The maximum atomic E-state index is 13.3. The van der Waals surface area contributed by atoms with Crippen molar-refractivity contribution in [2.75, 3.05) is 6.54 Å². The summed E-state index contributed by atoms with van der Waals surface area (Å²) >= 11 is 0. The van der Waals surface area contributed by atoms with Crippen LogP contribution in [0.4, 0.5) is 4.39 Å². The molecule has 0 aliphatic carbocycles. The molecular weight excluding hydrogens is 379 g/mol. The third-order valence-electron chi connectivity index (χ3n) is 4.97. The lowest BCUT2D eigenvalue weighted by Gasteiger charge is -2.10. The zero-order valence-corrected chi connectivity index (χ0v) is 16.6. The first-order valence-electron chi connectivity index (χ1n) is 10.0. The van der Waals surface area contributed by atoms with Gasteiger partial charge >= 0.3 is 0 Å². The standard InChI is InChI=1S/C24H23FN4O/c25-20-9-4-8-19(16-20)17-23(30)26-14-15-29-22(12-11-18-6-2-1-3-7-18)28-21-10-5-13-27-24(21)29/h1-10,13,16H,11-12,14-15,17H2,(H,26,30). The fourth-order valence-electron chi connectivity index (χ4n) is 3.53. The van der Waals surface area contributed by atoms with Gasteiger partial charge in [0, 0.05) is 25.7 Å². The molecule has 5 nitrogen and oxygen atoms in total. The normalized spacial score (nSPS) is 11.0. The van der Waals surface area contributed by atoms with Crippen LogP contribution in [0.25, 0.3) is 11.2 Å². The van der Waals surface area contributed by atoms with Crippen molar-refractivity contribution in [2.45, 2.75) is 25.8 Å². The first-order valence-corrected chi connectivity index (χ1v) is 10.0. The summed E-state index contributed by atoms with van der Waals surface area (Å²) in [7, 11) is 0. The van der Waals surface area contributed by atoms with Gasteiger partial charge in [0.1, 0.15) is 17.2 Å². The molecular formula is C24H23FN4O. The van der Waals surface area contributed by atoms with Crippen LogP contribution in [0.1, 0.15) is 17.0 Å². The first kappa shape index (κ1) is 19.8. The molecule has 6 heteroatoms. The van der Waals surface area contributed by atoms with Crippen molar-refractivity contribution in [1.82, 2.24) is 19.9 Å². The van der Waals surface area contributed by atoms with Crippen LogP contribution >= 0.6 is 0 Å². The van der Waals surface area contributed by atoms with Gasteiger partial charge in [0.25, 0.3) is 0 Å². The maximum Gasteiger partial charge on any atom is 0.224 e. The van der Waals surface area contributed by atoms with Crippen LogP contribution in [0.5, 0.6) is 0 Å². The fraction of sp³-hybridized carbons (Fsp3) is 0.208. The average molecular weight is 402 g/mol. The number of amides is 1. The van der Waals surface area contributed by atoms with Crippen molar-refractivity contribution < 1.29 is 9.18 Å². The highest BCUT2D eigenvalue weighted by Gasteiger charge is 2.12. The minimum atomic E-state index is -0.334. The van der Waals surface area contributed by atoms with Crippen LogP contribution in [-0.2, 0) is 30.6 Å². The summed E-state index contributed by atoms with van der Waals surface area (Å²) in [4.78, 5) is 21.5. The molecule has 30 heavy (non-hydrogen) atoms. The number of rotatable bonds is 8. The lowest BCUT2D eigenvalue weighted by molar-refractivity contribution is -0.120. The van der Waals surface area contributed by atoms with Crippen molar-refractivity contribution in [3.05, 3.63) is 95.7 Å². The summed E-state index contributed by atoms with van der Waals surface area (Å²) in [5.74, 6) is 0.482. The zero-order valence-electron chi connectivity index (χ0n) is 16.6. The van der Waals surface area contributed by atoms with Crippen LogP contribution < -0.4 is 5.32 Å². The SMILES string of the molecule is O=C(Cc1cccc(F)c1)NCCn1c(CCc2ccccc2)nc2cccnc21. The number of benzene rings is 2. The van der Waals surface area contributed by atoms with Crippen molar-refractivity contribution in [2.24, 2.45) is 0 Å². The highest BCUT2D eigenvalue weighted by Crippen LogP contribution is 2.15. The van der Waals surface area contributed by atoms with E-state index in [4.69, 9.17) is 4.98 Å². The zero-order chi connectivity index (χ0) is 20.8. The van der Waals surface area contributed by atoms with Gasteiger partial charge < -0.3 is 9.88 Å². The summed E-state index contributed by atoms with van der Waals surface area (Å²) in [5.41, 5.74) is 3.59. The van der Waals surface area contributed by atoms with E-state index < -0.39 is 0 Å². The van der Waals surface area contributed by atoms with Crippen LogP contribution in [0.3, 0.4) is 0 Å². The van der Waals surface area contributed by atoms with Gasteiger partial charge in [-0.2, -0.15) is 0 Å². The van der Waals surface area contributed by atoms with Crippen molar-refractivity contribution in [3.8, 4) is 0 Å². The molecule has 4 aromatic rings. The minimum Gasteiger partial charge on any atom is -0.354 e. The number of carbonyl (C=O) groups is 1. The van der Waals surface area contributed by atoms with Crippen LogP contribution in [0.2, 0.25) is 0 Å². The second-order valence-corrected chi connectivity index (χ2v) is 7.17. The molecule has 2 aromatic heterocycles. The minimum absolute atomic E-state index is 0.135. The Kier molecular flexibility index (Phi) is 6.13. The van der Waals surface area contributed by atoms with Gasteiger partial charge in [-0.1, -0.05) is 42.5 Å². The van der Waals surface area contributed by atoms with Gasteiger partial charge in [0.05, 0.1) is 6.42 Å². The number of pyridine rings is 1. The van der Waals surface area contributed by atoms with Crippen LogP contribution in [0, 0.1) is 5.82 Å². The van der Waals surface area contributed by atoms with Crippen molar-refractivity contribution in [1.29, 1.82) is 0 Å². The highest BCUT2D eigenvalue weighted by molar-refractivity contribution is 5.78. The molecule has 1 N–H and O–H groups in total. The number of aryl methyl sites for hydroxylation is 2. The number of carbonyl (C=O) groups excluding carboxylic acids is 1. The lowest BCUT2D eigenvalue weighted by atomic mass is 10.1. The van der Waals surface area contributed by atoms with Gasteiger partial charge in [-0.3, -0.25) is 4.79 Å². The lowest BCUT2D eigenvalue weighted by Crippen LogP contribution is -2.29. The molecule has 0 fully saturated rings. The second-order valence-electron chi connectivity index (χ2n) is 7.17. The van der Waals surface area contributed by atoms with Crippen LogP contribution in [0.15, 0.2) is 72.9 Å². The molecule has 2 heterocycles. The Morgan fingerprint density at radius 3 is 2.63 bits per heavy atom. The smallest absolute Gasteiger partial charge is 0.224 e. The van der Waals surface area contributed by atoms with Gasteiger partial charge in [0.15, 0.2) is 5.65 Å². The molecule has 0 aliphatic heterocycles. The molecule has 0 bridgehead atoms. The average Bonchev–Trinajstić information content (AvgIpc) is 3.11. The molecule has 0 spiro atoms. The number of nitrogens with one attached hydrogen (secondary N) is 1. The third kappa shape index (κ3) is 4.89. The number of nitrogens with zero attached hydrogens (tertiary/aromatic N) is 3. The van der Waals surface area contributed by atoms with E-state index in [9.17, 15) is 9.18 Å². The molecule has 4 rings (SSSR count). The molecule has 0 saturated heterocycles. The molecule has 0 aliphatic rings. The predicted octanol–water partition coefficient (Wildman–Crippen LogP) is 3.71. The summed E-state index contributed by atoms with van der Waals surface area (Å²) in [6, 6.07) is 20.2. The van der Waals surface area contributed by atoms with E-state index in [1.165, 1.54) is 17.7 Å². The topological polar surface area (TPSA) is 59.8 Å². The maximum absolute atomic E-state index is 13.3. The van der Waals surface area contributed by atoms with Gasteiger partial charge in [-0.15, -0.1) is 0 Å². The third-order valence-corrected chi connectivity index (χ3v) is 4.97. The van der Waals surface area contributed by atoms with Gasteiger partial charge in [-0.25, -0.2) is 14.4 Å². The van der Waals surface area contributed by atoms with Gasteiger partial charge in [-0.05, 0) is 41.8 Å². The van der Waals surface area contributed by atoms with E-state index in [0.29, 0.717) is 18.7 Å². The number of aromatic nitrogens is 3.